The van der Waals surface area contributed by atoms with Gasteiger partial charge in [-0.3, -0.25) is 4.79 Å². The summed E-state index contributed by atoms with van der Waals surface area (Å²) < 4.78 is 22.5. The molecule has 0 unspecified atom stereocenters. The minimum absolute atomic E-state index is 0.0167. The Labute approximate surface area is 160 Å². The third kappa shape index (κ3) is 2.76. The maximum absolute atomic E-state index is 12.9. The molecule has 27 heavy (non-hydrogen) atoms. The number of fused-ring (bicyclic) bond motifs is 4. The topological polar surface area (TPSA) is 71.1 Å². The van der Waals surface area contributed by atoms with Gasteiger partial charge in [0.25, 0.3) is 0 Å². The van der Waals surface area contributed by atoms with Crippen molar-refractivity contribution in [3.8, 4) is 0 Å². The predicted molar refractivity (Wildman–Crippen MR) is 95.1 cm³/mol. The van der Waals surface area contributed by atoms with Crippen molar-refractivity contribution in [2.75, 3.05) is 7.11 Å². The molecule has 3 atom stereocenters. The summed E-state index contributed by atoms with van der Waals surface area (Å²) in [5, 5.41) is 0.587. The van der Waals surface area contributed by atoms with Gasteiger partial charge in [0, 0.05) is 17.7 Å². The third-order valence-electron chi connectivity index (χ3n) is 4.84. The number of benzene rings is 2. The number of ether oxygens (including phenoxy) is 4. The van der Waals surface area contributed by atoms with Crippen LogP contribution in [0.5, 0.6) is 0 Å². The minimum atomic E-state index is -1.64. The first kappa shape index (κ1) is 18.1. The number of carbonyl (C=O) groups is 2. The van der Waals surface area contributed by atoms with E-state index in [0.29, 0.717) is 16.1 Å². The molecule has 1 saturated heterocycles. The number of hydrogen-bond donors (Lipinski definition) is 0. The molecule has 2 aromatic rings. The van der Waals surface area contributed by atoms with Crippen molar-refractivity contribution in [3.63, 3.8) is 0 Å². The van der Waals surface area contributed by atoms with Crippen LogP contribution < -0.4 is 0 Å². The summed E-state index contributed by atoms with van der Waals surface area (Å²) in [5.74, 6) is -2.67. The summed E-state index contributed by atoms with van der Waals surface area (Å²) in [6, 6.07) is 13.7. The fourth-order valence-electron chi connectivity index (χ4n) is 3.37. The van der Waals surface area contributed by atoms with Gasteiger partial charge in [0.15, 0.2) is 11.9 Å². The minimum Gasteiger partial charge on any atom is -0.459 e. The lowest BCUT2D eigenvalue weighted by molar-refractivity contribution is -0.348. The fraction of sp³-hybridized carbons (Fsp3) is 0.300. The van der Waals surface area contributed by atoms with Gasteiger partial charge in [-0.15, -0.1) is 0 Å². The second kappa shape index (κ2) is 6.42. The fourth-order valence-corrected chi connectivity index (χ4v) is 3.50. The van der Waals surface area contributed by atoms with Crippen LogP contribution in [-0.4, -0.2) is 30.6 Å². The number of Topliss-reactive ketones (excluding diaryl/α,β-unsaturated/α-hetero) is 1. The number of halogens is 1. The molecule has 2 bridgehead atoms. The molecule has 2 aliphatic heterocycles. The van der Waals surface area contributed by atoms with Crippen LogP contribution in [0.1, 0.15) is 28.4 Å². The van der Waals surface area contributed by atoms with Gasteiger partial charge >= 0.3 is 11.9 Å². The van der Waals surface area contributed by atoms with Crippen molar-refractivity contribution in [2.24, 2.45) is 0 Å². The SMILES string of the molecule is CO[C@]12O[C@H](C(=O)c3ccccc31)[C@](C)(C(=O)OCc1ccc(Cl)cc1)O2. The summed E-state index contributed by atoms with van der Waals surface area (Å²) in [5.41, 5.74) is -0.0412. The molecular formula is C20H17ClO6. The zero-order valence-corrected chi connectivity index (χ0v) is 15.5. The second-order valence-electron chi connectivity index (χ2n) is 6.58. The van der Waals surface area contributed by atoms with Crippen LogP contribution in [0.4, 0.5) is 0 Å². The molecule has 140 valence electrons. The number of methoxy groups -OCH3 is 1. The molecule has 2 aromatic carbocycles. The first-order valence-electron chi connectivity index (χ1n) is 8.38. The molecule has 0 aliphatic carbocycles. The molecular weight excluding hydrogens is 372 g/mol. The summed E-state index contributed by atoms with van der Waals surface area (Å²) in [6.45, 7) is 1.50. The van der Waals surface area contributed by atoms with Crippen LogP contribution in [0.15, 0.2) is 48.5 Å². The van der Waals surface area contributed by atoms with Crippen molar-refractivity contribution in [2.45, 2.75) is 31.2 Å². The average Bonchev–Trinajstić information content (AvgIpc) is 2.98. The molecule has 2 aliphatic rings. The van der Waals surface area contributed by atoms with Crippen molar-refractivity contribution in [1.29, 1.82) is 0 Å². The van der Waals surface area contributed by atoms with E-state index in [9.17, 15) is 9.59 Å². The highest BCUT2D eigenvalue weighted by Gasteiger charge is 2.67. The largest absolute Gasteiger partial charge is 0.459 e. The molecule has 0 aromatic heterocycles. The Kier molecular flexibility index (Phi) is 4.31. The van der Waals surface area contributed by atoms with E-state index in [0.717, 1.165) is 5.56 Å². The van der Waals surface area contributed by atoms with E-state index in [2.05, 4.69) is 0 Å². The van der Waals surface area contributed by atoms with Crippen LogP contribution >= 0.6 is 11.6 Å². The quantitative estimate of drug-likeness (QED) is 0.749. The molecule has 0 spiro atoms. The highest BCUT2D eigenvalue weighted by atomic mass is 35.5. The van der Waals surface area contributed by atoms with Gasteiger partial charge < -0.3 is 18.9 Å². The lowest BCUT2D eigenvalue weighted by Crippen LogP contribution is -2.49. The second-order valence-corrected chi connectivity index (χ2v) is 7.02. The maximum Gasteiger partial charge on any atom is 0.341 e. The monoisotopic (exact) mass is 388 g/mol. The molecule has 1 fully saturated rings. The molecule has 0 saturated carbocycles. The van der Waals surface area contributed by atoms with E-state index in [-0.39, 0.29) is 12.4 Å². The summed E-state index contributed by atoms with van der Waals surface area (Å²) in [6.07, 6.45) is -1.16. The van der Waals surface area contributed by atoms with Crippen molar-refractivity contribution < 1.29 is 28.5 Å². The number of hydrogen-bond acceptors (Lipinski definition) is 6. The molecule has 7 heteroatoms. The van der Waals surface area contributed by atoms with E-state index in [1.165, 1.54) is 14.0 Å². The van der Waals surface area contributed by atoms with E-state index in [1.54, 1.807) is 48.5 Å². The zero-order chi connectivity index (χ0) is 19.2. The van der Waals surface area contributed by atoms with E-state index >= 15 is 0 Å². The van der Waals surface area contributed by atoms with Crippen molar-refractivity contribution in [3.05, 3.63) is 70.2 Å². The summed E-state index contributed by atoms with van der Waals surface area (Å²) in [4.78, 5) is 25.7. The highest BCUT2D eigenvalue weighted by Crippen LogP contribution is 2.50. The van der Waals surface area contributed by atoms with Gasteiger partial charge in [0.2, 0.25) is 5.60 Å². The Balaban J connectivity index is 1.61. The van der Waals surface area contributed by atoms with Crippen LogP contribution in [-0.2, 0) is 36.3 Å². The van der Waals surface area contributed by atoms with Crippen molar-refractivity contribution >= 4 is 23.4 Å². The van der Waals surface area contributed by atoms with Crippen molar-refractivity contribution in [1.82, 2.24) is 0 Å². The first-order valence-corrected chi connectivity index (χ1v) is 8.76. The Morgan fingerprint density at radius 3 is 2.59 bits per heavy atom. The standard InChI is InChI=1S/C20H17ClO6/c1-19(18(23)25-11-12-7-9-13(21)10-8-12)17-16(22)14-5-3-4-6-15(14)20(24-2,26-17)27-19/h3-10,17H,11H2,1-2H3/t17-,19-,20+/m1/s1. The maximum atomic E-state index is 12.9. The molecule has 0 N–H and O–H groups in total. The number of carbonyl (C=O) groups excluding carboxylic acids is 2. The Morgan fingerprint density at radius 1 is 1.19 bits per heavy atom. The zero-order valence-electron chi connectivity index (χ0n) is 14.7. The Morgan fingerprint density at radius 2 is 1.89 bits per heavy atom. The van der Waals surface area contributed by atoms with Crippen LogP contribution in [0.3, 0.4) is 0 Å². The smallest absolute Gasteiger partial charge is 0.341 e. The van der Waals surface area contributed by atoms with Gasteiger partial charge in [0.1, 0.15) is 6.61 Å². The Hall–Kier alpha value is -2.25. The van der Waals surface area contributed by atoms with Gasteiger partial charge in [-0.1, -0.05) is 48.0 Å². The normalized spacial score (nSPS) is 28.7. The lowest BCUT2D eigenvalue weighted by Gasteiger charge is -2.30. The first-order chi connectivity index (χ1) is 12.9. The predicted octanol–water partition coefficient (Wildman–Crippen LogP) is 3.21. The van der Waals surface area contributed by atoms with Gasteiger partial charge in [0.05, 0.1) is 5.56 Å². The average molecular weight is 389 g/mol. The van der Waals surface area contributed by atoms with Crippen LogP contribution in [0.25, 0.3) is 0 Å². The molecule has 0 radical (unpaired) electrons. The lowest BCUT2D eigenvalue weighted by atomic mass is 9.89. The van der Waals surface area contributed by atoms with E-state index in [1.807, 2.05) is 0 Å². The van der Waals surface area contributed by atoms with E-state index < -0.39 is 23.6 Å². The van der Waals surface area contributed by atoms with Gasteiger partial charge in [-0.05, 0) is 24.6 Å². The highest BCUT2D eigenvalue weighted by molar-refractivity contribution is 6.30. The van der Waals surface area contributed by atoms with Crippen LogP contribution in [0.2, 0.25) is 5.02 Å². The molecule has 6 nitrogen and oxygen atoms in total. The van der Waals surface area contributed by atoms with Gasteiger partial charge in [-0.25, -0.2) is 4.79 Å². The third-order valence-corrected chi connectivity index (χ3v) is 5.09. The number of ketones is 1. The summed E-state index contributed by atoms with van der Waals surface area (Å²) >= 11 is 5.86. The molecule has 2 heterocycles. The Bertz CT molecular complexity index is 911. The summed E-state index contributed by atoms with van der Waals surface area (Å²) in [7, 11) is 1.40. The number of esters is 1. The molecule has 4 rings (SSSR count). The van der Waals surface area contributed by atoms with E-state index in [4.69, 9.17) is 30.5 Å². The molecule has 0 amide bonds. The number of rotatable bonds is 4. The van der Waals surface area contributed by atoms with Gasteiger partial charge in [-0.2, -0.15) is 0 Å². The van der Waals surface area contributed by atoms with Crippen LogP contribution in [0, 0.1) is 0 Å².